The number of carbonyl (C=O) groups is 1. The Morgan fingerprint density at radius 1 is 1.43 bits per heavy atom. The first kappa shape index (κ1) is 13.7. The standard InChI is InChI=1S/C16H19N3O2/c1-11-10-15(18-21-11)17-16(20)12(2)19-9-5-7-13-6-3-4-8-14(13)19/h3-4,6,8,10,12H,5,7,9H2,1-2H3,(H,17,18,20). The van der Waals surface area contributed by atoms with E-state index in [1.165, 1.54) is 5.56 Å². The Hall–Kier alpha value is -2.30. The Labute approximate surface area is 123 Å². The molecule has 5 heteroatoms. The molecule has 0 bridgehead atoms. The van der Waals surface area contributed by atoms with Crippen LogP contribution >= 0.6 is 0 Å². The molecule has 2 aromatic rings. The second kappa shape index (κ2) is 5.60. The van der Waals surface area contributed by atoms with Crippen molar-refractivity contribution >= 4 is 17.4 Å². The van der Waals surface area contributed by atoms with E-state index in [2.05, 4.69) is 27.5 Å². The summed E-state index contributed by atoms with van der Waals surface area (Å²) in [6.45, 7) is 4.61. The maximum absolute atomic E-state index is 12.4. The lowest BCUT2D eigenvalue weighted by atomic mass is 10.00. The lowest BCUT2D eigenvalue weighted by Gasteiger charge is -2.35. The number of rotatable bonds is 3. The van der Waals surface area contributed by atoms with E-state index in [1.54, 1.807) is 13.0 Å². The third-order valence-corrected chi connectivity index (χ3v) is 3.87. The van der Waals surface area contributed by atoms with Crippen LogP contribution in [0.5, 0.6) is 0 Å². The smallest absolute Gasteiger partial charge is 0.248 e. The molecular formula is C16H19N3O2. The molecule has 1 aliphatic rings. The summed E-state index contributed by atoms with van der Waals surface area (Å²) in [4.78, 5) is 14.6. The molecule has 0 aliphatic carbocycles. The summed E-state index contributed by atoms with van der Waals surface area (Å²) < 4.78 is 4.97. The fourth-order valence-corrected chi connectivity index (χ4v) is 2.76. The van der Waals surface area contributed by atoms with Crippen LogP contribution in [-0.2, 0) is 11.2 Å². The van der Waals surface area contributed by atoms with Crippen molar-refractivity contribution in [1.82, 2.24) is 5.16 Å². The van der Waals surface area contributed by atoms with Gasteiger partial charge in [0, 0.05) is 18.3 Å². The van der Waals surface area contributed by atoms with Gasteiger partial charge >= 0.3 is 0 Å². The number of para-hydroxylation sites is 1. The van der Waals surface area contributed by atoms with Crippen LogP contribution in [0.2, 0.25) is 0 Å². The Kier molecular flexibility index (Phi) is 3.64. The molecule has 1 unspecified atom stereocenters. The minimum absolute atomic E-state index is 0.0694. The van der Waals surface area contributed by atoms with Crippen molar-refractivity contribution < 1.29 is 9.32 Å². The summed E-state index contributed by atoms with van der Waals surface area (Å²) in [5.41, 5.74) is 2.46. The molecule has 1 amide bonds. The molecule has 1 atom stereocenters. The first-order valence-electron chi connectivity index (χ1n) is 7.24. The number of aryl methyl sites for hydroxylation is 2. The second-order valence-electron chi connectivity index (χ2n) is 5.41. The molecule has 1 N–H and O–H groups in total. The lowest BCUT2D eigenvalue weighted by Crippen LogP contribution is -2.44. The average Bonchev–Trinajstić information content (AvgIpc) is 2.91. The molecule has 0 spiro atoms. The van der Waals surface area contributed by atoms with Gasteiger partial charge in [0.15, 0.2) is 5.82 Å². The molecule has 110 valence electrons. The van der Waals surface area contributed by atoms with Gasteiger partial charge in [-0.15, -0.1) is 0 Å². The number of aromatic nitrogens is 1. The second-order valence-corrected chi connectivity index (χ2v) is 5.41. The summed E-state index contributed by atoms with van der Waals surface area (Å²) >= 11 is 0. The van der Waals surface area contributed by atoms with E-state index in [1.807, 2.05) is 19.1 Å². The highest BCUT2D eigenvalue weighted by Gasteiger charge is 2.26. The van der Waals surface area contributed by atoms with Gasteiger partial charge in [-0.2, -0.15) is 0 Å². The Bertz CT molecular complexity index is 650. The zero-order valence-corrected chi connectivity index (χ0v) is 12.3. The van der Waals surface area contributed by atoms with Gasteiger partial charge in [0.2, 0.25) is 5.91 Å². The van der Waals surface area contributed by atoms with E-state index in [-0.39, 0.29) is 11.9 Å². The van der Waals surface area contributed by atoms with E-state index in [0.29, 0.717) is 11.6 Å². The first-order chi connectivity index (χ1) is 10.1. The van der Waals surface area contributed by atoms with Crippen molar-refractivity contribution in [3.05, 3.63) is 41.7 Å². The molecule has 1 aromatic heterocycles. The van der Waals surface area contributed by atoms with Crippen molar-refractivity contribution in [2.45, 2.75) is 32.7 Å². The molecule has 21 heavy (non-hydrogen) atoms. The maximum Gasteiger partial charge on any atom is 0.248 e. The zero-order valence-electron chi connectivity index (χ0n) is 12.3. The molecule has 5 nitrogen and oxygen atoms in total. The lowest BCUT2D eigenvalue weighted by molar-refractivity contribution is -0.117. The fraction of sp³-hybridized carbons (Fsp3) is 0.375. The number of amides is 1. The number of benzene rings is 1. The van der Waals surface area contributed by atoms with Crippen LogP contribution in [0.25, 0.3) is 0 Å². The molecule has 1 aliphatic heterocycles. The summed E-state index contributed by atoms with van der Waals surface area (Å²) in [5.74, 6) is 1.08. The molecular weight excluding hydrogens is 266 g/mol. The number of nitrogens with one attached hydrogen (secondary N) is 1. The van der Waals surface area contributed by atoms with Crippen LogP contribution in [0.4, 0.5) is 11.5 Å². The van der Waals surface area contributed by atoms with Crippen LogP contribution < -0.4 is 10.2 Å². The number of fused-ring (bicyclic) bond motifs is 1. The molecule has 0 fully saturated rings. The Balaban J connectivity index is 1.76. The molecule has 0 saturated heterocycles. The Morgan fingerprint density at radius 3 is 3.00 bits per heavy atom. The monoisotopic (exact) mass is 285 g/mol. The van der Waals surface area contributed by atoms with Crippen LogP contribution in [0, 0.1) is 6.92 Å². The SMILES string of the molecule is Cc1cc(NC(=O)C(C)N2CCCc3ccccc32)no1. The van der Waals surface area contributed by atoms with Gasteiger partial charge in [-0.25, -0.2) is 0 Å². The van der Waals surface area contributed by atoms with Gasteiger partial charge in [0.05, 0.1) is 0 Å². The molecule has 3 rings (SSSR count). The number of anilines is 2. The number of hydrogen-bond acceptors (Lipinski definition) is 4. The van der Waals surface area contributed by atoms with Gasteiger partial charge in [-0.05, 0) is 38.3 Å². The predicted molar refractivity (Wildman–Crippen MR) is 81.4 cm³/mol. The van der Waals surface area contributed by atoms with E-state index >= 15 is 0 Å². The third kappa shape index (κ3) is 2.77. The van der Waals surface area contributed by atoms with Crippen molar-refractivity contribution in [1.29, 1.82) is 0 Å². The highest BCUT2D eigenvalue weighted by atomic mass is 16.5. The fourth-order valence-electron chi connectivity index (χ4n) is 2.76. The quantitative estimate of drug-likeness (QED) is 0.942. The van der Waals surface area contributed by atoms with Crippen LogP contribution in [0.15, 0.2) is 34.9 Å². The minimum atomic E-state index is -0.247. The topological polar surface area (TPSA) is 58.4 Å². The largest absolute Gasteiger partial charge is 0.360 e. The van der Waals surface area contributed by atoms with Gasteiger partial charge in [0.1, 0.15) is 11.8 Å². The number of nitrogens with zero attached hydrogens (tertiary/aromatic N) is 2. The van der Waals surface area contributed by atoms with Crippen molar-refractivity contribution in [3.63, 3.8) is 0 Å². The molecule has 0 radical (unpaired) electrons. The average molecular weight is 285 g/mol. The van der Waals surface area contributed by atoms with Crippen LogP contribution in [-0.4, -0.2) is 23.7 Å². The highest BCUT2D eigenvalue weighted by molar-refractivity contribution is 5.96. The maximum atomic E-state index is 12.4. The molecule has 2 heterocycles. The van der Waals surface area contributed by atoms with Crippen molar-refractivity contribution in [2.75, 3.05) is 16.8 Å². The summed E-state index contributed by atoms with van der Waals surface area (Å²) in [6, 6.07) is 9.75. The van der Waals surface area contributed by atoms with Crippen LogP contribution in [0.3, 0.4) is 0 Å². The van der Waals surface area contributed by atoms with Crippen LogP contribution in [0.1, 0.15) is 24.7 Å². The third-order valence-electron chi connectivity index (χ3n) is 3.87. The van der Waals surface area contributed by atoms with E-state index in [4.69, 9.17) is 4.52 Å². The normalized spacial score (nSPS) is 15.4. The zero-order chi connectivity index (χ0) is 14.8. The number of hydrogen-bond donors (Lipinski definition) is 1. The van der Waals surface area contributed by atoms with Gasteiger partial charge in [0.25, 0.3) is 0 Å². The van der Waals surface area contributed by atoms with E-state index in [0.717, 1.165) is 25.1 Å². The highest BCUT2D eigenvalue weighted by Crippen LogP contribution is 2.28. The first-order valence-corrected chi connectivity index (χ1v) is 7.24. The number of carbonyl (C=O) groups excluding carboxylic acids is 1. The van der Waals surface area contributed by atoms with E-state index < -0.39 is 0 Å². The van der Waals surface area contributed by atoms with Crippen molar-refractivity contribution in [2.24, 2.45) is 0 Å². The minimum Gasteiger partial charge on any atom is -0.360 e. The summed E-state index contributed by atoms with van der Waals surface area (Å²) in [5, 5.41) is 6.61. The van der Waals surface area contributed by atoms with Gasteiger partial charge in [-0.1, -0.05) is 23.4 Å². The van der Waals surface area contributed by atoms with Gasteiger partial charge in [-0.3, -0.25) is 4.79 Å². The molecule has 1 aromatic carbocycles. The molecule has 0 saturated carbocycles. The van der Waals surface area contributed by atoms with Crippen molar-refractivity contribution in [3.8, 4) is 0 Å². The summed E-state index contributed by atoms with van der Waals surface area (Å²) in [6.07, 6.45) is 2.14. The van der Waals surface area contributed by atoms with E-state index in [9.17, 15) is 4.79 Å². The van der Waals surface area contributed by atoms with Gasteiger partial charge < -0.3 is 14.7 Å². The summed E-state index contributed by atoms with van der Waals surface area (Å²) in [7, 11) is 0. The Morgan fingerprint density at radius 2 is 2.24 bits per heavy atom. The predicted octanol–water partition coefficient (Wildman–Crippen LogP) is 2.76.